The van der Waals surface area contributed by atoms with Crippen LogP contribution in [0.25, 0.3) is 33.7 Å². The molecule has 0 amide bonds. The van der Waals surface area contributed by atoms with Crippen LogP contribution in [0.3, 0.4) is 0 Å². The van der Waals surface area contributed by atoms with Crippen LogP contribution in [0.1, 0.15) is 39.0 Å². The Labute approximate surface area is 206 Å². The summed E-state index contributed by atoms with van der Waals surface area (Å²) < 4.78 is 43.0. The molecule has 7 nitrogen and oxygen atoms in total. The largest absolute Gasteiger partial charge is 0.435 e. The summed E-state index contributed by atoms with van der Waals surface area (Å²) in [4.78, 5) is 9.37. The van der Waals surface area contributed by atoms with E-state index in [2.05, 4.69) is 40.7 Å². The normalized spacial score (nSPS) is 16.6. The van der Waals surface area contributed by atoms with Crippen LogP contribution in [0.15, 0.2) is 65.9 Å². The van der Waals surface area contributed by atoms with Crippen molar-refractivity contribution in [2.45, 2.75) is 45.5 Å². The molecule has 0 aliphatic carbocycles. The van der Waals surface area contributed by atoms with Gasteiger partial charge < -0.3 is 15.6 Å². The number of alkyl halides is 3. The molecule has 2 aromatic carbocycles. The van der Waals surface area contributed by atoms with Gasteiger partial charge >= 0.3 is 6.18 Å². The number of rotatable bonds is 3. The maximum absolute atomic E-state index is 13.2. The average molecular weight is 494 g/mol. The van der Waals surface area contributed by atoms with Crippen molar-refractivity contribution in [3.63, 3.8) is 0 Å². The molecule has 10 heteroatoms. The fourth-order valence-corrected chi connectivity index (χ4v) is 4.50. The van der Waals surface area contributed by atoms with Crippen LogP contribution in [0.2, 0.25) is 0 Å². The average Bonchev–Trinajstić information content (AvgIpc) is 3.44. The van der Waals surface area contributed by atoms with Crippen molar-refractivity contribution in [1.82, 2.24) is 24.6 Å². The Balaban J connectivity index is 1.68. The van der Waals surface area contributed by atoms with Gasteiger partial charge in [-0.15, -0.1) is 0 Å². The summed E-state index contributed by atoms with van der Waals surface area (Å²) in [5, 5.41) is 6.76. The van der Waals surface area contributed by atoms with Crippen molar-refractivity contribution in [2.75, 3.05) is 0 Å². The predicted molar refractivity (Wildman–Crippen MR) is 134 cm³/mol. The highest BCUT2D eigenvalue weighted by Gasteiger charge is 2.34. The molecule has 0 spiro atoms. The Morgan fingerprint density at radius 1 is 1.03 bits per heavy atom. The third kappa shape index (κ3) is 4.12. The van der Waals surface area contributed by atoms with Gasteiger partial charge in [0.15, 0.2) is 11.7 Å². The molecule has 0 bridgehead atoms. The molecule has 2 aromatic heterocycles. The zero-order chi connectivity index (χ0) is 25.8. The van der Waals surface area contributed by atoms with E-state index in [9.17, 15) is 13.2 Å². The van der Waals surface area contributed by atoms with Gasteiger partial charge in [-0.3, -0.25) is 0 Å². The second-order valence-corrected chi connectivity index (χ2v) is 9.74. The van der Waals surface area contributed by atoms with E-state index < -0.39 is 11.9 Å². The summed E-state index contributed by atoms with van der Waals surface area (Å²) >= 11 is 0. The van der Waals surface area contributed by atoms with Crippen LogP contribution >= 0.6 is 0 Å². The van der Waals surface area contributed by atoms with Gasteiger partial charge in [-0.25, -0.2) is 14.7 Å². The van der Waals surface area contributed by atoms with Gasteiger partial charge in [0.2, 0.25) is 0 Å². The van der Waals surface area contributed by atoms with Crippen LogP contribution < -0.4 is 11.1 Å². The molecule has 0 fully saturated rings. The highest BCUT2D eigenvalue weighted by Crippen LogP contribution is 2.36. The molecule has 0 radical (unpaired) electrons. The first-order valence-electron chi connectivity index (χ1n) is 11.5. The fourth-order valence-electron chi connectivity index (χ4n) is 4.50. The fraction of sp³-hybridized carbons (Fsp3) is 0.269. The first-order chi connectivity index (χ1) is 16.9. The molecule has 0 saturated heterocycles. The van der Waals surface area contributed by atoms with E-state index in [1.165, 1.54) is 10.9 Å². The Morgan fingerprint density at radius 3 is 2.44 bits per heavy atom. The number of hydrogen-bond acceptors (Lipinski definition) is 5. The van der Waals surface area contributed by atoms with Gasteiger partial charge in [0, 0.05) is 23.5 Å². The highest BCUT2D eigenvalue weighted by molar-refractivity contribution is 5.90. The summed E-state index contributed by atoms with van der Waals surface area (Å²) in [7, 11) is 0. The molecule has 5 rings (SSSR count). The van der Waals surface area contributed by atoms with Crippen LogP contribution in [0.5, 0.6) is 0 Å². The number of aliphatic imine (C=N–C) groups is 1. The zero-order valence-electron chi connectivity index (χ0n) is 20.3. The van der Waals surface area contributed by atoms with Crippen molar-refractivity contribution in [3.05, 3.63) is 72.2 Å². The van der Waals surface area contributed by atoms with E-state index in [-0.39, 0.29) is 11.6 Å². The first kappa shape index (κ1) is 23.7. The number of nitrogens with one attached hydrogen (secondary N) is 1. The molecule has 3 heterocycles. The van der Waals surface area contributed by atoms with Crippen molar-refractivity contribution < 1.29 is 13.2 Å². The predicted octanol–water partition coefficient (Wildman–Crippen LogP) is 5.31. The number of fused-ring (bicyclic) bond motifs is 1. The number of nitrogens with two attached hydrogens (primary N) is 1. The molecule has 3 N–H and O–H groups in total. The molecule has 4 aromatic rings. The minimum Gasteiger partial charge on any atom is -0.370 e. The topological polar surface area (TPSA) is 86.0 Å². The van der Waals surface area contributed by atoms with Crippen molar-refractivity contribution >= 4 is 22.6 Å². The van der Waals surface area contributed by atoms with Crippen molar-refractivity contribution in [3.8, 4) is 17.1 Å². The van der Waals surface area contributed by atoms with Crippen LogP contribution in [0.4, 0.5) is 13.2 Å². The lowest BCUT2D eigenvalue weighted by molar-refractivity contribution is -0.141. The number of aromatic nitrogens is 4. The van der Waals surface area contributed by atoms with Gasteiger partial charge in [0.05, 0.1) is 22.8 Å². The van der Waals surface area contributed by atoms with Crippen molar-refractivity contribution in [2.24, 2.45) is 10.7 Å². The number of para-hydroxylation sites is 1. The summed E-state index contributed by atoms with van der Waals surface area (Å²) in [6.07, 6.45) is -1.36. The van der Waals surface area contributed by atoms with Gasteiger partial charge in [-0.1, -0.05) is 18.2 Å². The maximum atomic E-state index is 13.2. The van der Waals surface area contributed by atoms with E-state index in [1.54, 1.807) is 12.1 Å². The number of benzene rings is 2. The van der Waals surface area contributed by atoms with E-state index in [4.69, 9.17) is 10.7 Å². The van der Waals surface area contributed by atoms with Gasteiger partial charge in [0.25, 0.3) is 0 Å². The number of guanidine groups is 1. The highest BCUT2D eigenvalue weighted by atomic mass is 19.4. The molecule has 0 saturated carbocycles. The zero-order valence-corrected chi connectivity index (χ0v) is 20.3. The quantitative estimate of drug-likeness (QED) is 0.405. The summed E-state index contributed by atoms with van der Waals surface area (Å²) in [5.74, 6) is 1.01. The smallest absolute Gasteiger partial charge is 0.370 e. The summed E-state index contributed by atoms with van der Waals surface area (Å²) in [5.41, 5.74) is 9.27. The van der Waals surface area contributed by atoms with Crippen LogP contribution in [-0.2, 0) is 11.7 Å². The number of nitrogens with zero attached hydrogens (tertiary/aromatic N) is 5. The van der Waals surface area contributed by atoms with E-state index in [1.807, 2.05) is 43.5 Å². The lowest BCUT2D eigenvalue weighted by Crippen LogP contribution is -2.32. The molecule has 1 unspecified atom stereocenters. The molecule has 36 heavy (non-hydrogen) atoms. The van der Waals surface area contributed by atoms with Crippen LogP contribution in [-0.4, -0.2) is 31.3 Å². The Bertz CT molecular complexity index is 1520. The van der Waals surface area contributed by atoms with E-state index in [0.717, 1.165) is 28.2 Å². The molecular weight excluding hydrogens is 467 g/mol. The second kappa shape index (κ2) is 8.25. The molecule has 1 aliphatic heterocycles. The maximum Gasteiger partial charge on any atom is 0.435 e. The van der Waals surface area contributed by atoms with Gasteiger partial charge in [0.1, 0.15) is 5.82 Å². The lowest BCUT2D eigenvalue weighted by atomic mass is 9.99. The third-order valence-electron chi connectivity index (χ3n) is 6.09. The Hall–Kier alpha value is -4.08. The molecular formula is C26H26F3N7. The minimum absolute atomic E-state index is 0.115. The lowest BCUT2D eigenvalue weighted by Gasteiger charge is -2.25. The first-order valence-corrected chi connectivity index (χ1v) is 11.5. The number of halogens is 3. The summed E-state index contributed by atoms with van der Waals surface area (Å²) in [6, 6.07) is 14.1. The van der Waals surface area contributed by atoms with Gasteiger partial charge in [-0.2, -0.15) is 18.3 Å². The molecule has 1 atom stereocenters. The van der Waals surface area contributed by atoms with E-state index >= 15 is 0 Å². The minimum atomic E-state index is -4.52. The number of imidazole rings is 1. The molecule has 1 aliphatic rings. The third-order valence-corrected chi connectivity index (χ3v) is 6.09. The number of hydrogen-bond donors (Lipinski definition) is 2. The monoisotopic (exact) mass is 493 g/mol. The second-order valence-electron chi connectivity index (χ2n) is 9.74. The van der Waals surface area contributed by atoms with Gasteiger partial charge in [-0.05, 0) is 69.2 Å². The Kier molecular flexibility index (Phi) is 5.42. The standard InChI is InChI=1S/C26H26F3N7/c1-15-18(14-31-24(30)32-15)16-9-10-21-19(13-16)33-23(36(21)25(2,3)4)17-7-5-6-8-20(17)35-12-11-22(34-35)26(27,28)29/h5-15H,1-4H3,(H3,30,31,32). The van der Waals surface area contributed by atoms with Crippen molar-refractivity contribution in [1.29, 1.82) is 0 Å². The summed E-state index contributed by atoms with van der Waals surface area (Å²) in [6.45, 7) is 8.17. The SMILES string of the molecule is CC1N=C(N)NC=C1c1ccc2c(c1)nc(-c1ccccc1-n1ccc(C(F)(F)F)n1)n2C(C)(C)C. The van der Waals surface area contributed by atoms with Crippen LogP contribution in [0, 0.1) is 0 Å². The molecule has 186 valence electrons. The Morgan fingerprint density at radius 2 is 1.78 bits per heavy atom. The van der Waals surface area contributed by atoms with E-state index in [0.29, 0.717) is 23.0 Å².